The van der Waals surface area contributed by atoms with Crippen molar-refractivity contribution in [2.75, 3.05) is 20.1 Å². The van der Waals surface area contributed by atoms with E-state index in [0.29, 0.717) is 5.92 Å². The molecule has 0 unspecified atom stereocenters. The highest BCUT2D eigenvalue weighted by Crippen LogP contribution is 2.36. The molecule has 0 atom stereocenters. The van der Waals surface area contributed by atoms with Crippen LogP contribution < -0.4 is 0 Å². The molecule has 134 valence electrons. The summed E-state index contributed by atoms with van der Waals surface area (Å²) in [6, 6.07) is 2.29. The van der Waals surface area contributed by atoms with Gasteiger partial charge in [-0.05, 0) is 69.4 Å². The molecule has 1 saturated heterocycles. The van der Waals surface area contributed by atoms with Crippen molar-refractivity contribution >= 4 is 27.9 Å². The number of aromatic nitrogens is 3. The monoisotopic (exact) mass is 364 g/mol. The number of allylic oxidation sites excluding steroid dienone is 2. The highest BCUT2D eigenvalue weighted by Gasteiger charge is 2.22. The molecule has 0 saturated carbocycles. The number of likely N-dealkylation sites (tertiary alicyclic amines) is 1. The second-order valence-corrected chi connectivity index (χ2v) is 8.48. The fourth-order valence-corrected chi connectivity index (χ4v) is 5.17. The van der Waals surface area contributed by atoms with E-state index in [1.807, 2.05) is 17.5 Å². The molecule has 0 amide bonds. The minimum atomic E-state index is 0.618. The number of fused-ring (bicyclic) bond motifs is 1. The van der Waals surface area contributed by atoms with Crippen LogP contribution in [0.15, 0.2) is 29.9 Å². The van der Waals surface area contributed by atoms with Crippen molar-refractivity contribution in [2.24, 2.45) is 0 Å². The number of H-pyrrole nitrogens is 1. The standard InChI is InChI=1S/C21H24N4S/c1-25-8-6-15(7-9-25)21-24-19(13-26-21)18-12-23-20-17(18)10-16(11-22-20)14-4-2-3-5-14/h4,10-13,15H,2-3,5-9H2,1H3,(H,22,23). The molecular formula is C21H24N4S. The van der Waals surface area contributed by atoms with Gasteiger partial charge in [-0.2, -0.15) is 0 Å². The number of hydrogen-bond acceptors (Lipinski definition) is 4. The Labute approximate surface area is 158 Å². The average Bonchev–Trinajstić information content (AvgIpc) is 3.41. The summed E-state index contributed by atoms with van der Waals surface area (Å²) in [5.41, 5.74) is 5.94. The van der Waals surface area contributed by atoms with E-state index < -0.39 is 0 Å². The molecule has 26 heavy (non-hydrogen) atoms. The van der Waals surface area contributed by atoms with Gasteiger partial charge in [-0.3, -0.25) is 0 Å². The van der Waals surface area contributed by atoms with Gasteiger partial charge in [-0.15, -0.1) is 11.3 Å². The highest BCUT2D eigenvalue weighted by molar-refractivity contribution is 7.10. The summed E-state index contributed by atoms with van der Waals surface area (Å²) in [5, 5.41) is 4.71. The zero-order chi connectivity index (χ0) is 17.5. The van der Waals surface area contributed by atoms with Crippen LogP contribution in [0, 0.1) is 0 Å². The lowest BCUT2D eigenvalue weighted by atomic mass is 9.98. The van der Waals surface area contributed by atoms with Crippen molar-refractivity contribution in [1.29, 1.82) is 0 Å². The van der Waals surface area contributed by atoms with Crippen LogP contribution in [0.2, 0.25) is 0 Å². The van der Waals surface area contributed by atoms with Gasteiger partial charge >= 0.3 is 0 Å². The molecule has 0 aromatic carbocycles. The third-order valence-electron chi connectivity index (χ3n) is 5.81. The topological polar surface area (TPSA) is 44.8 Å². The molecule has 4 heterocycles. The quantitative estimate of drug-likeness (QED) is 0.706. The van der Waals surface area contributed by atoms with Crippen molar-refractivity contribution in [3.63, 3.8) is 0 Å². The maximum absolute atomic E-state index is 5.02. The minimum absolute atomic E-state index is 0.618. The van der Waals surface area contributed by atoms with Crippen LogP contribution in [0.1, 0.15) is 48.6 Å². The van der Waals surface area contributed by atoms with E-state index in [2.05, 4.69) is 45.6 Å². The molecule has 0 spiro atoms. The fraction of sp³-hybridized carbons (Fsp3) is 0.429. The van der Waals surface area contributed by atoms with Crippen LogP contribution in [-0.4, -0.2) is 40.0 Å². The van der Waals surface area contributed by atoms with Crippen molar-refractivity contribution in [3.05, 3.63) is 40.5 Å². The van der Waals surface area contributed by atoms with E-state index in [-0.39, 0.29) is 0 Å². The summed E-state index contributed by atoms with van der Waals surface area (Å²) in [7, 11) is 2.21. The van der Waals surface area contributed by atoms with Gasteiger partial charge in [-0.1, -0.05) is 6.08 Å². The van der Waals surface area contributed by atoms with Crippen LogP contribution in [0.5, 0.6) is 0 Å². The predicted molar refractivity (Wildman–Crippen MR) is 109 cm³/mol. The molecule has 1 N–H and O–H groups in total. The third-order valence-corrected chi connectivity index (χ3v) is 6.82. The molecule has 3 aromatic heterocycles. The zero-order valence-electron chi connectivity index (χ0n) is 15.2. The molecular weight excluding hydrogens is 340 g/mol. The van der Waals surface area contributed by atoms with Crippen molar-refractivity contribution in [1.82, 2.24) is 19.9 Å². The number of rotatable bonds is 3. The van der Waals surface area contributed by atoms with Crippen LogP contribution >= 0.6 is 11.3 Å². The molecule has 1 fully saturated rings. The first-order chi connectivity index (χ1) is 12.8. The van der Waals surface area contributed by atoms with E-state index in [0.717, 1.165) is 11.3 Å². The van der Waals surface area contributed by atoms with Crippen LogP contribution in [0.3, 0.4) is 0 Å². The molecule has 2 aliphatic rings. The molecule has 1 aliphatic carbocycles. The number of aromatic amines is 1. The normalized spacial score (nSPS) is 19.3. The Hall–Kier alpha value is -1.98. The van der Waals surface area contributed by atoms with Crippen molar-refractivity contribution in [3.8, 4) is 11.3 Å². The van der Waals surface area contributed by atoms with Crippen molar-refractivity contribution < 1.29 is 0 Å². The van der Waals surface area contributed by atoms with Gasteiger partial charge in [-0.25, -0.2) is 9.97 Å². The van der Waals surface area contributed by atoms with Gasteiger partial charge in [0.25, 0.3) is 0 Å². The molecule has 5 heteroatoms. The molecule has 0 bridgehead atoms. The summed E-state index contributed by atoms with van der Waals surface area (Å²) in [4.78, 5) is 15.4. The number of pyridine rings is 1. The molecule has 3 aromatic rings. The van der Waals surface area contributed by atoms with E-state index in [9.17, 15) is 0 Å². The Bertz CT molecular complexity index is 959. The molecule has 0 radical (unpaired) electrons. The molecule has 1 aliphatic heterocycles. The summed E-state index contributed by atoms with van der Waals surface area (Å²) in [5.74, 6) is 0.618. The van der Waals surface area contributed by atoms with Gasteiger partial charge in [0.15, 0.2) is 0 Å². The van der Waals surface area contributed by atoms with E-state index >= 15 is 0 Å². The summed E-state index contributed by atoms with van der Waals surface area (Å²) in [6.07, 6.45) is 12.5. The number of hydrogen-bond donors (Lipinski definition) is 1. The maximum Gasteiger partial charge on any atom is 0.137 e. The summed E-state index contributed by atoms with van der Waals surface area (Å²) in [6.45, 7) is 2.35. The average molecular weight is 365 g/mol. The highest BCUT2D eigenvalue weighted by atomic mass is 32.1. The largest absolute Gasteiger partial charge is 0.345 e. The van der Waals surface area contributed by atoms with Crippen LogP contribution in [0.4, 0.5) is 0 Å². The SMILES string of the molecule is CN1CCC(c2nc(-c3c[nH]c4ncc(C5=CCCC5)cc34)cs2)CC1. The summed E-state index contributed by atoms with van der Waals surface area (Å²) >= 11 is 1.82. The van der Waals surface area contributed by atoms with E-state index in [4.69, 9.17) is 4.98 Å². The number of nitrogens with zero attached hydrogens (tertiary/aromatic N) is 3. The Morgan fingerprint density at radius 2 is 2.15 bits per heavy atom. The Morgan fingerprint density at radius 3 is 2.96 bits per heavy atom. The maximum atomic E-state index is 5.02. The smallest absolute Gasteiger partial charge is 0.137 e. The fourth-order valence-electron chi connectivity index (χ4n) is 4.18. The summed E-state index contributed by atoms with van der Waals surface area (Å²) < 4.78 is 0. The first-order valence-corrected chi connectivity index (χ1v) is 10.5. The first kappa shape index (κ1) is 16.2. The van der Waals surface area contributed by atoms with Gasteiger partial charge in [0, 0.05) is 34.6 Å². The minimum Gasteiger partial charge on any atom is -0.345 e. The molecule has 4 nitrogen and oxygen atoms in total. The van der Waals surface area contributed by atoms with E-state index in [1.165, 1.54) is 72.3 Å². The van der Waals surface area contributed by atoms with E-state index in [1.54, 1.807) is 0 Å². The van der Waals surface area contributed by atoms with Gasteiger partial charge in [0.2, 0.25) is 0 Å². The predicted octanol–water partition coefficient (Wildman–Crippen LogP) is 5.06. The van der Waals surface area contributed by atoms with Crippen LogP contribution in [-0.2, 0) is 0 Å². The Morgan fingerprint density at radius 1 is 1.27 bits per heavy atom. The molecule has 5 rings (SSSR count). The third kappa shape index (κ3) is 2.89. The number of nitrogens with one attached hydrogen (secondary N) is 1. The first-order valence-electron chi connectivity index (χ1n) is 9.59. The van der Waals surface area contributed by atoms with Gasteiger partial charge < -0.3 is 9.88 Å². The van der Waals surface area contributed by atoms with Gasteiger partial charge in [0.1, 0.15) is 5.65 Å². The second-order valence-electron chi connectivity index (χ2n) is 7.59. The number of thiazole rings is 1. The Kier molecular flexibility index (Phi) is 4.14. The van der Waals surface area contributed by atoms with Crippen LogP contribution in [0.25, 0.3) is 27.9 Å². The zero-order valence-corrected chi connectivity index (χ0v) is 16.0. The Balaban J connectivity index is 1.48. The lowest BCUT2D eigenvalue weighted by Crippen LogP contribution is -2.29. The van der Waals surface area contributed by atoms with Gasteiger partial charge in [0.05, 0.1) is 10.7 Å². The van der Waals surface area contributed by atoms with Crippen molar-refractivity contribution in [2.45, 2.75) is 38.0 Å². The second kappa shape index (κ2) is 6.63. The lowest BCUT2D eigenvalue weighted by molar-refractivity contribution is 0.255. The lowest BCUT2D eigenvalue weighted by Gasteiger charge is -2.27. The number of piperidine rings is 1.